The van der Waals surface area contributed by atoms with Crippen LogP contribution in [-0.2, 0) is 6.42 Å². The number of nitrogens with one attached hydrogen (secondary N) is 1. The number of rotatable bonds is 3. The Hall–Kier alpha value is -0.860. The van der Waals surface area contributed by atoms with Gasteiger partial charge >= 0.3 is 0 Å². The van der Waals surface area contributed by atoms with Gasteiger partial charge in [-0.25, -0.2) is 0 Å². The van der Waals surface area contributed by atoms with E-state index in [1.165, 1.54) is 11.1 Å². The van der Waals surface area contributed by atoms with Gasteiger partial charge in [-0.05, 0) is 50.3 Å². The molecule has 0 spiro atoms. The minimum Gasteiger partial charge on any atom is -0.396 e. The van der Waals surface area contributed by atoms with Crippen LogP contribution in [-0.4, -0.2) is 24.8 Å². The summed E-state index contributed by atoms with van der Waals surface area (Å²) < 4.78 is 0. The summed E-state index contributed by atoms with van der Waals surface area (Å²) in [6.07, 6.45) is 3.17. The fraction of sp³-hybridized carbons (Fsp3) is 0.571. The number of hydrogen-bond acceptors (Lipinski definition) is 2. The zero-order valence-corrected chi connectivity index (χ0v) is 10.00. The molecular weight excluding hydrogens is 198 g/mol. The topological polar surface area (TPSA) is 32.3 Å². The molecule has 1 saturated heterocycles. The predicted octanol–water partition coefficient (Wildman–Crippen LogP) is 1.90. The molecule has 2 N–H and O–H groups in total. The first-order valence-corrected chi connectivity index (χ1v) is 6.11. The summed E-state index contributed by atoms with van der Waals surface area (Å²) in [6.45, 7) is 4.48. The summed E-state index contributed by atoms with van der Waals surface area (Å²) in [5.74, 6) is 0. The highest BCUT2D eigenvalue weighted by Crippen LogP contribution is 2.32. The lowest BCUT2D eigenvalue weighted by molar-refractivity contribution is 0.0893. The Morgan fingerprint density at radius 3 is 2.38 bits per heavy atom. The highest BCUT2D eigenvalue weighted by Gasteiger charge is 2.31. The third-order valence-corrected chi connectivity index (χ3v) is 3.70. The minimum atomic E-state index is 0.112. The van der Waals surface area contributed by atoms with E-state index >= 15 is 0 Å². The number of hydrogen-bond donors (Lipinski definition) is 2. The van der Waals surface area contributed by atoms with E-state index in [9.17, 15) is 5.11 Å². The number of aliphatic hydroxyl groups is 1. The van der Waals surface area contributed by atoms with Gasteiger partial charge in [-0.15, -0.1) is 0 Å². The maximum absolute atomic E-state index is 9.63. The van der Waals surface area contributed by atoms with Crippen LogP contribution in [0.3, 0.4) is 0 Å². The number of benzene rings is 1. The molecule has 88 valence electrons. The van der Waals surface area contributed by atoms with E-state index in [1.54, 1.807) is 0 Å². The zero-order chi connectivity index (χ0) is 11.4. The van der Waals surface area contributed by atoms with E-state index in [-0.39, 0.29) is 5.41 Å². The van der Waals surface area contributed by atoms with Gasteiger partial charge < -0.3 is 10.4 Å². The molecule has 0 unspecified atom stereocenters. The molecule has 0 bridgehead atoms. The van der Waals surface area contributed by atoms with Crippen molar-refractivity contribution in [1.82, 2.24) is 5.32 Å². The summed E-state index contributed by atoms with van der Waals surface area (Å²) in [7, 11) is 0. The van der Waals surface area contributed by atoms with Crippen molar-refractivity contribution < 1.29 is 5.11 Å². The van der Waals surface area contributed by atoms with Crippen LogP contribution < -0.4 is 5.32 Å². The molecule has 2 heteroatoms. The molecule has 1 aliphatic rings. The monoisotopic (exact) mass is 219 g/mol. The maximum atomic E-state index is 9.63. The molecule has 0 amide bonds. The summed E-state index contributed by atoms with van der Waals surface area (Å²) in [6, 6.07) is 8.69. The summed E-state index contributed by atoms with van der Waals surface area (Å²) in [4.78, 5) is 0. The van der Waals surface area contributed by atoms with Crippen molar-refractivity contribution in [1.29, 1.82) is 0 Å². The van der Waals surface area contributed by atoms with Crippen molar-refractivity contribution in [2.45, 2.75) is 26.2 Å². The quantitative estimate of drug-likeness (QED) is 0.814. The molecule has 0 saturated carbocycles. The molecule has 0 aliphatic carbocycles. The van der Waals surface area contributed by atoms with Gasteiger partial charge in [0.1, 0.15) is 0 Å². The van der Waals surface area contributed by atoms with Gasteiger partial charge in [0.15, 0.2) is 0 Å². The predicted molar refractivity (Wildman–Crippen MR) is 66.5 cm³/mol. The Morgan fingerprint density at radius 1 is 1.19 bits per heavy atom. The summed E-state index contributed by atoms with van der Waals surface area (Å²) >= 11 is 0. The Morgan fingerprint density at radius 2 is 1.81 bits per heavy atom. The first kappa shape index (κ1) is 11.6. The number of aryl methyl sites for hydroxylation is 1. The molecule has 0 aromatic heterocycles. The molecule has 1 aromatic carbocycles. The van der Waals surface area contributed by atoms with Gasteiger partial charge in [0.2, 0.25) is 0 Å². The van der Waals surface area contributed by atoms with Crippen molar-refractivity contribution in [3.05, 3.63) is 35.4 Å². The highest BCUT2D eigenvalue weighted by molar-refractivity contribution is 5.22. The van der Waals surface area contributed by atoms with Gasteiger partial charge in [0.05, 0.1) is 0 Å². The molecular formula is C14H21NO. The van der Waals surface area contributed by atoms with Crippen LogP contribution in [0.2, 0.25) is 0 Å². The van der Waals surface area contributed by atoms with E-state index in [0.29, 0.717) is 6.61 Å². The van der Waals surface area contributed by atoms with Crippen LogP contribution in [0.25, 0.3) is 0 Å². The third-order valence-electron chi connectivity index (χ3n) is 3.70. The average molecular weight is 219 g/mol. The Balaban J connectivity index is 2.08. The normalized spacial score (nSPS) is 19.6. The molecule has 2 rings (SSSR count). The Bertz CT molecular complexity index is 325. The summed E-state index contributed by atoms with van der Waals surface area (Å²) in [5.41, 5.74) is 2.76. The average Bonchev–Trinajstić information content (AvgIpc) is 2.33. The van der Waals surface area contributed by atoms with E-state index in [2.05, 4.69) is 36.5 Å². The van der Waals surface area contributed by atoms with Crippen LogP contribution >= 0.6 is 0 Å². The molecule has 16 heavy (non-hydrogen) atoms. The van der Waals surface area contributed by atoms with Crippen molar-refractivity contribution in [3.63, 3.8) is 0 Å². The highest BCUT2D eigenvalue weighted by atomic mass is 16.3. The van der Waals surface area contributed by atoms with Gasteiger partial charge in [-0.1, -0.05) is 29.8 Å². The Labute approximate surface area is 97.7 Å². The van der Waals surface area contributed by atoms with Gasteiger partial charge in [-0.3, -0.25) is 0 Å². The molecule has 0 radical (unpaired) electrons. The van der Waals surface area contributed by atoms with Crippen LogP contribution in [0.1, 0.15) is 24.0 Å². The number of piperidine rings is 1. The van der Waals surface area contributed by atoms with Crippen molar-refractivity contribution in [2.75, 3.05) is 19.7 Å². The van der Waals surface area contributed by atoms with Gasteiger partial charge in [0.25, 0.3) is 0 Å². The van der Waals surface area contributed by atoms with Crippen LogP contribution in [0.5, 0.6) is 0 Å². The lowest BCUT2D eigenvalue weighted by atomic mass is 9.75. The molecule has 0 atom stereocenters. The molecule has 2 nitrogen and oxygen atoms in total. The third kappa shape index (κ3) is 2.63. The second kappa shape index (κ2) is 4.98. The van der Waals surface area contributed by atoms with E-state index in [0.717, 1.165) is 32.4 Å². The van der Waals surface area contributed by atoms with Crippen molar-refractivity contribution >= 4 is 0 Å². The lowest BCUT2D eigenvalue weighted by Gasteiger charge is -2.36. The molecule has 1 aromatic rings. The van der Waals surface area contributed by atoms with Gasteiger partial charge in [-0.2, -0.15) is 0 Å². The van der Waals surface area contributed by atoms with E-state index in [1.807, 2.05) is 0 Å². The second-order valence-electron chi connectivity index (χ2n) is 5.07. The van der Waals surface area contributed by atoms with Crippen LogP contribution in [0.4, 0.5) is 0 Å². The van der Waals surface area contributed by atoms with Crippen LogP contribution in [0.15, 0.2) is 24.3 Å². The molecule has 1 aliphatic heterocycles. The first-order valence-electron chi connectivity index (χ1n) is 6.11. The smallest absolute Gasteiger partial charge is 0.0491 e. The second-order valence-corrected chi connectivity index (χ2v) is 5.07. The Kier molecular flexibility index (Phi) is 3.62. The van der Waals surface area contributed by atoms with Crippen molar-refractivity contribution in [3.8, 4) is 0 Å². The fourth-order valence-corrected chi connectivity index (χ4v) is 2.49. The summed E-state index contributed by atoms with van der Waals surface area (Å²) in [5, 5.41) is 13.0. The van der Waals surface area contributed by atoms with E-state index < -0.39 is 0 Å². The molecule has 1 heterocycles. The molecule has 1 fully saturated rings. The van der Waals surface area contributed by atoms with Crippen molar-refractivity contribution in [2.24, 2.45) is 5.41 Å². The zero-order valence-electron chi connectivity index (χ0n) is 10.00. The SMILES string of the molecule is Cc1ccc(CC2(CO)CCNCC2)cc1. The largest absolute Gasteiger partial charge is 0.396 e. The fourth-order valence-electron chi connectivity index (χ4n) is 2.49. The minimum absolute atomic E-state index is 0.112. The standard InChI is InChI=1S/C14H21NO/c1-12-2-4-13(5-3-12)10-14(11-16)6-8-15-9-7-14/h2-5,15-16H,6-11H2,1H3. The lowest BCUT2D eigenvalue weighted by Crippen LogP contribution is -2.40. The number of aliphatic hydroxyl groups excluding tert-OH is 1. The maximum Gasteiger partial charge on any atom is 0.0491 e. The first-order chi connectivity index (χ1) is 7.74. The van der Waals surface area contributed by atoms with Gasteiger partial charge in [0, 0.05) is 6.61 Å². The van der Waals surface area contributed by atoms with Crippen LogP contribution in [0, 0.1) is 12.3 Å². The van der Waals surface area contributed by atoms with E-state index in [4.69, 9.17) is 0 Å².